The molecule has 1 saturated heterocycles. The number of nitrogens with zero attached hydrogens (tertiary/aromatic N) is 2. The molecule has 0 saturated carbocycles. The molecule has 0 radical (unpaired) electrons. The van der Waals surface area contributed by atoms with Crippen LogP contribution in [-0.4, -0.2) is 63.9 Å². The van der Waals surface area contributed by atoms with E-state index in [4.69, 9.17) is 14.2 Å². The van der Waals surface area contributed by atoms with Crippen LogP contribution in [0.1, 0.15) is 22.7 Å². The van der Waals surface area contributed by atoms with Crippen molar-refractivity contribution in [2.45, 2.75) is 12.5 Å². The molecule has 3 aromatic carbocycles. The minimum Gasteiger partial charge on any atom is -0.493 e. The van der Waals surface area contributed by atoms with Crippen molar-refractivity contribution in [2.24, 2.45) is 0 Å². The molecule has 33 heavy (non-hydrogen) atoms. The quantitative estimate of drug-likeness (QED) is 0.478. The van der Waals surface area contributed by atoms with Crippen molar-refractivity contribution in [2.75, 3.05) is 54.1 Å². The lowest BCUT2D eigenvalue weighted by Gasteiger charge is -2.40. The van der Waals surface area contributed by atoms with Gasteiger partial charge in [-0.2, -0.15) is 0 Å². The summed E-state index contributed by atoms with van der Waals surface area (Å²) in [4.78, 5) is 5.15. The Bertz CT molecular complexity index is 963. The highest BCUT2D eigenvalue weighted by atomic mass is 16.5. The summed E-state index contributed by atoms with van der Waals surface area (Å²) in [5, 5.41) is 0. The van der Waals surface area contributed by atoms with Gasteiger partial charge in [-0.15, -0.1) is 0 Å². The van der Waals surface area contributed by atoms with Crippen molar-refractivity contribution >= 4 is 0 Å². The Morgan fingerprint density at radius 3 is 1.76 bits per heavy atom. The molecule has 1 aliphatic rings. The first-order chi connectivity index (χ1) is 16.2. The Kier molecular flexibility index (Phi) is 7.87. The van der Waals surface area contributed by atoms with E-state index in [0.29, 0.717) is 17.5 Å². The Morgan fingerprint density at radius 1 is 0.667 bits per heavy atom. The van der Waals surface area contributed by atoms with Gasteiger partial charge in [-0.05, 0) is 29.2 Å². The maximum absolute atomic E-state index is 5.66. The molecule has 0 atom stereocenters. The largest absolute Gasteiger partial charge is 0.493 e. The van der Waals surface area contributed by atoms with E-state index in [0.717, 1.165) is 50.5 Å². The molecule has 0 spiro atoms. The lowest BCUT2D eigenvalue weighted by atomic mass is 9.96. The van der Waals surface area contributed by atoms with Gasteiger partial charge >= 0.3 is 0 Å². The standard InChI is InChI=1S/C28H34N2O3/c1-31-25-15-14-24(27(32-2)28(25)33-3)16-17-29-18-20-30(21-19-29)26(22-10-6-4-7-11-22)23-12-8-5-9-13-23/h4-15,26H,16-21H2,1-3H3. The van der Waals surface area contributed by atoms with Crippen LogP contribution in [0.2, 0.25) is 0 Å². The van der Waals surface area contributed by atoms with Crippen molar-refractivity contribution in [3.05, 3.63) is 89.5 Å². The Hall–Kier alpha value is -3.02. The summed E-state index contributed by atoms with van der Waals surface area (Å²) < 4.78 is 16.6. The second-order valence-corrected chi connectivity index (χ2v) is 8.34. The molecule has 1 aliphatic heterocycles. The van der Waals surface area contributed by atoms with Gasteiger partial charge in [-0.1, -0.05) is 66.7 Å². The number of ether oxygens (including phenoxy) is 3. The molecule has 1 fully saturated rings. The fourth-order valence-corrected chi connectivity index (χ4v) is 4.77. The molecule has 5 nitrogen and oxygen atoms in total. The van der Waals surface area contributed by atoms with E-state index < -0.39 is 0 Å². The third kappa shape index (κ3) is 5.32. The molecule has 0 amide bonds. The maximum Gasteiger partial charge on any atom is 0.203 e. The fraction of sp³-hybridized carbons (Fsp3) is 0.357. The summed E-state index contributed by atoms with van der Waals surface area (Å²) in [5.41, 5.74) is 3.85. The number of rotatable bonds is 9. The van der Waals surface area contributed by atoms with Crippen LogP contribution >= 0.6 is 0 Å². The van der Waals surface area contributed by atoms with Crippen molar-refractivity contribution in [1.82, 2.24) is 9.80 Å². The molecule has 3 aromatic rings. The normalized spacial score (nSPS) is 14.9. The number of hydrogen-bond acceptors (Lipinski definition) is 5. The lowest BCUT2D eigenvalue weighted by molar-refractivity contribution is 0.110. The van der Waals surface area contributed by atoms with E-state index in [1.165, 1.54) is 11.1 Å². The molecule has 0 bridgehead atoms. The molecule has 0 aromatic heterocycles. The summed E-state index contributed by atoms with van der Waals surface area (Å²) in [7, 11) is 4.99. The molecule has 1 heterocycles. The smallest absolute Gasteiger partial charge is 0.203 e. The zero-order chi connectivity index (χ0) is 23.0. The Balaban J connectivity index is 1.42. The predicted octanol–water partition coefficient (Wildman–Crippen LogP) is 4.66. The number of hydrogen-bond donors (Lipinski definition) is 0. The molecule has 174 valence electrons. The average Bonchev–Trinajstić information content (AvgIpc) is 2.89. The van der Waals surface area contributed by atoms with Crippen molar-refractivity contribution in [3.8, 4) is 17.2 Å². The highest BCUT2D eigenvalue weighted by molar-refractivity contribution is 5.55. The van der Waals surface area contributed by atoms with E-state index in [1.54, 1.807) is 21.3 Å². The van der Waals surface area contributed by atoms with Gasteiger partial charge in [-0.3, -0.25) is 4.90 Å². The van der Waals surface area contributed by atoms with E-state index >= 15 is 0 Å². The number of methoxy groups -OCH3 is 3. The highest BCUT2D eigenvalue weighted by Gasteiger charge is 2.26. The first-order valence-corrected chi connectivity index (χ1v) is 11.6. The lowest BCUT2D eigenvalue weighted by Crippen LogP contribution is -2.48. The summed E-state index contributed by atoms with van der Waals surface area (Å²) in [6, 6.07) is 26.0. The van der Waals surface area contributed by atoms with Gasteiger partial charge in [0, 0.05) is 32.7 Å². The second kappa shape index (κ2) is 11.2. The average molecular weight is 447 g/mol. The summed E-state index contributed by atoms with van der Waals surface area (Å²) in [5.74, 6) is 2.12. The molecular formula is C28H34N2O3. The van der Waals surface area contributed by atoms with Crippen molar-refractivity contribution in [3.63, 3.8) is 0 Å². The van der Waals surface area contributed by atoms with Crippen LogP contribution in [0.25, 0.3) is 0 Å². The van der Waals surface area contributed by atoms with Gasteiger partial charge in [0.25, 0.3) is 0 Å². The van der Waals surface area contributed by atoms with Crippen molar-refractivity contribution < 1.29 is 14.2 Å². The second-order valence-electron chi connectivity index (χ2n) is 8.34. The van der Waals surface area contributed by atoms with Gasteiger partial charge in [0.2, 0.25) is 5.75 Å². The summed E-state index contributed by atoms with van der Waals surface area (Å²) in [6.45, 7) is 5.16. The molecule has 0 unspecified atom stereocenters. The molecule has 4 rings (SSSR count). The number of piperazine rings is 1. The predicted molar refractivity (Wildman–Crippen MR) is 133 cm³/mol. The van der Waals surface area contributed by atoms with Crippen molar-refractivity contribution in [1.29, 1.82) is 0 Å². The topological polar surface area (TPSA) is 34.2 Å². The summed E-state index contributed by atoms with van der Waals surface area (Å²) >= 11 is 0. The van der Waals surface area contributed by atoms with Gasteiger partial charge < -0.3 is 19.1 Å². The third-order valence-electron chi connectivity index (χ3n) is 6.49. The summed E-state index contributed by atoms with van der Waals surface area (Å²) in [6.07, 6.45) is 0.907. The molecular weight excluding hydrogens is 412 g/mol. The van der Waals surface area contributed by atoms with Gasteiger partial charge in [0.15, 0.2) is 11.5 Å². The highest BCUT2D eigenvalue weighted by Crippen LogP contribution is 2.40. The Morgan fingerprint density at radius 2 is 1.24 bits per heavy atom. The van der Waals surface area contributed by atoms with Gasteiger partial charge in [0.1, 0.15) is 0 Å². The SMILES string of the molecule is COc1ccc(CCN2CCN(C(c3ccccc3)c3ccccc3)CC2)c(OC)c1OC. The first kappa shape index (κ1) is 23.1. The first-order valence-electron chi connectivity index (χ1n) is 11.6. The molecule has 0 aliphatic carbocycles. The minimum absolute atomic E-state index is 0.292. The third-order valence-corrected chi connectivity index (χ3v) is 6.49. The fourth-order valence-electron chi connectivity index (χ4n) is 4.77. The monoisotopic (exact) mass is 446 g/mol. The molecule has 0 N–H and O–H groups in total. The zero-order valence-corrected chi connectivity index (χ0v) is 19.9. The van der Waals surface area contributed by atoms with Gasteiger partial charge in [0.05, 0.1) is 27.4 Å². The van der Waals surface area contributed by atoms with Crippen LogP contribution in [0.15, 0.2) is 72.8 Å². The van der Waals surface area contributed by atoms with E-state index in [1.807, 2.05) is 6.07 Å². The molecule has 5 heteroatoms. The van der Waals surface area contributed by atoms with Crippen LogP contribution in [0, 0.1) is 0 Å². The van der Waals surface area contributed by atoms with Crippen LogP contribution in [-0.2, 0) is 6.42 Å². The minimum atomic E-state index is 0.292. The van der Waals surface area contributed by atoms with Crippen LogP contribution < -0.4 is 14.2 Å². The van der Waals surface area contributed by atoms with E-state index in [2.05, 4.69) is 76.5 Å². The Labute approximate surface area is 197 Å². The van der Waals surface area contributed by atoms with Gasteiger partial charge in [-0.25, -0.2) is 0 Å². The zero-order valence-electron chi connectivity index (χ0n) is 19.9. The maximum atomic E-state index is 5.66. The number of benzene rings is 3. The van der Waals surface area contributed by atoms with E-state index in [-0.39, 0.29) is 0 Å². The van der Waals surface area contributed by atoms with Crippen LogP contribution in [0.3, 0.4) is 0 Å². The van der Waals surface area contributed by atoms with E-state index in [9.17, 15) is 0 Å². The van der Waals surface area contributed by atoms with Crippen LogP contribution in [0.5, 0.6) is 17.2 Å². The van der Waals surface area contributed by atoms with Crippen LogP contribution in [0.4, 0.5) is 0 Å².